The number of aldehydes is 1. The Morgan fingerprint density at radius 2 is 1.79 bits per heavy atom. The number of phenols is 1. The number of aliphatic hydroxyl groups excluding tert-OH is 1. The molecule has 0 aromatic heterocycles. The van der Waals surface area contributed by atoms with E-state index >= 15 is 0 Å². The molecule has 2 N–H and O–H groups in total. The molecule has 1 unspecified atom stereocenters. The van der Waals surface area contributed by atoms with Gasteiger partial charge in [0.2, 0.25) is 0 Å². The molecule has 0 aliphatic carbocycles. The molecule has 0 fully saturated rings. The minimum absolute atomic E-state index is 0.182. The summed E-state index contributed by atoms with van der Waals surface area (Å²) in [7, 11) is 1.00. The van der Waals surface area contributed by atoms with E-state index in [2.05, 4.69) is 0 Å². The Labute approximate surface area is 82.8 Å². The summed E-state index contributed by atoms with van der Waals surface area (Å²) in [6, 6.07) is 6.23. The first-order valence-electron chi connectivity index (χ1n) is 4.08. The first-order valence-corrected chi connectivity index (χ1v) is 4.08. The third-order valence-corrected chi connectivity index (χ3v) is 1.35. The van der Waals surface area contributed by atoms with Gasteiger partial charge in [-0.25, -0.2) is 0 Å². The second kappa shape index (κ2) is 6.91. The van der Waals surface area contributed by atoms with Gasteiger partial charge in [0, 0.05) is 7.11 Å². The maximum atomic E-state index is 10.2. The quantitative estimate of drug-likeness (QED) is 0.710. The van der Waals surface area contributed by atoms with Gasteiger partial charge in [-0.15, -0.1) is 0 Å². The van der Waals surface area contributed by atoms with Crippen molar-refractivity contribution in [2.45, 2.75) is 13.0 Å². The van der Waals surface area contributed by atoms with Crippen LogP contribution in [0.4, 0.5) is 0 Å². The molecule has 1 atom stereocenters. The lowest BCUT2D eigenvalue weighted by molar-refractivity contribution is -0.113. The normalized spacial score (nSPS) is 10.8. The predicted octanol–water partition coefficient (Wildman–Crippen LogP) is 0.967. The molecule has 0 amide bonds. The van der Waals surface area contributed by atoms with E-state index in [4.69, 9.17) is 14.9 Å². The summed E-state index contributed by atoms with van der Waals surface area (Å²) in [6.45, 7) is 1.65. The molecular formula is C10H14O4. The average molecular weight is 198 g/mol. The number of hydrogen-bond acceptors (Lipinski definition) is 4. The minimum atomic E-state index is -0.449. The summed E-state index contributed by atoms with van der Waals surface area (Å²) in [5, 5.41) is 15.9. The Balaban J connectivity index is 0.000000791. The molecule has 0 aliphatic rings. The number of carbonyl (C=O) groups is 1. The van der Waals surface area contributed by atoms with E-state index < -0.39 is 6.10 Å². The summed E-state index contributed by atoms with van der Waals surface area (Å²) in [5.74, 6) is 0.758. The van der Waals surface area contributed by atoms with E-state index in [1.807, 2.05) is 0 Å². The summed E-state index contributed by atoms with van der Waals surface area (Å²) in [4.78, 5) is 10.2. The van der Waals surface area contributed by atoms with Gasteiger partial charge in [-0.05, 0) is 31.2 Å². The zero-order valence-electron chi connectivity index (χ0n) is 8.18. The van der Waals surface area contributed by atoms with Gasteiger partial charge in [-0.3, -0.25) is 4.79 Å². The lowest BCUT2D eigenvalue weighted by Gasteiger charge is -2.07. The fraction of sp³-hybridized carbons (Fsp3) is 0.300. The minimum Gasteiger partial charge on any atom is -0.508 e. The van der Waals surface area contributed by atoms with Gasteiger partial charge in [0.1, 0.15) is 11.5 Å². The van der Waals surface area contributed by atoms with Crippen LogP contribution in [0.5, 0.6) is 11.5 Å². The van der Waals surface area contributed by atoms with Gasteiger partial charge in [-0.2, -0.15) is 0 Å². The molecule has 0 saturated heterocycles. The fourth-order valence-corrected chi connectivity index (χ4v) is 0.767. The maximum absolute atomic E-state index is 10.2. The van der Waals surface area contributed by atoms with Crippen molar-refractivity contribution < 1.29 is 19.7 Å². The first kappa shape index (κ1) is 12.4. The number of phenolic OH excluding ortho intramolecular Hbond substituents is 1. The second-order valence-electron chi connectivity index (χ2n) is 2.45. The van der Waals surface area contributed by atoms with Gasteiger partial charge in [0.05, 0.1) is 0 Å². The molecule has 14 heavy (non-hydrogen) atoms. The average Bonchev–Trinajstić information content (AvgIpc) is 2.24. The van der Waals surface area contributed by atoms with Crippen LogP contribution in [0, 0.1) is 0 Å². The van der Waals surface area contributed by atoms with E-state index in [-0.39, 0.29) is 5.75 Å². The largest absolute Gasteiger partial charge is 0.508 e. The lowest BCUT2D eigenvalue weighted by atomic mass is 10.3. The van der Waals surface area contributed by atoms with Gasteiger partial charge in [0.25, 0.3) is 0 Å². The zero-order valence-corrected chi connectivity index (χ0v) is 8.18. The molecule has 1 aromatic carbocycles. The predicted molar refractivity (Wildman–Crippen MR) is 52.4 cm³/mol. The van der Waals surface area contributed by atoms with Crippen LogP contribution in [-0.4, -0.2) is 29.7 Å². The Bertz CT molecular complexity index is 255. The van der Waals surface area contributed by atoms with Crippen LogP contribution in [0.1, 0.15) is 6.92 Å². The van der Waals surface area contributed by atoms with Gasteiger partial charge in [0.15, 0.2) is 12.4 Å². The Hall–Kier alpha value is -1.55. The van der Waals surface area contributed by atoms with Crippen molar-refractivity contribution in [1.29, 1.82) is 0 Å². The molecule has 4 nitrogen and oxygen atoms in total. The summed E-state index contributed by atoms with van der Waals surface area (Å²) in [5.41, 5.74) is 0. The molecular weight excluding hydrogens is 184 g/mol. The summed E-state index contributed by atoms with van der Waals surface area (Å²) < 4.78 is 5.14. The number of carbonyl (C=O) groups excluding carboxylic acids is 1. The Morgan fingerprint density at radius 1 is 1.29 bits per heavy atom. The van der Waals surface area contributed by atoms with Crippen molar-refractivity contribution in [1.82, 2.24) is 0 Å². The SMILES string of the molecule is CC(C=O)Oc1ccc(O)cc1.CO. The molecule has 0 bridgehead atoms. The van der Waals surface area contributed by atoms with Gasteiger partial charge in [-0.1, -0.05) is 0 Å². The highest BCUT2D eigenvalue weighted by Crippen LogP contribution is 2.16. The number of aliphatic hydroxyl groups is 1. The van der Waals surface area contributed by atoms with E-state index in [1.165, 1.54) is 12.1 Å². The van der Waals surface area contributed by atoms with Crippen LogP contribution in [-0.2, 0) is 4.79 Å². The number of hydrogen-bond donors (Lipinski definition) is 2. The number of rotatable bonds is 3. The van der Waals surface area contributed by atoms with Crippen LogP contribution in [0.15, 0.2) is 24.3 Å². The number of ether oxygens (including phenoxy) is 1. The third-order valence-electron chi connectivity index (χ3n) is 1.35. The summed E-state index contributed by atoms with van der Waals surface area (Å²) in [6.07, 6.45) is 0.266. The molecule has 0 heterocycles. The highest BCUT2D eigenvalue weighted by molar-refractivity contribution is 5.56. The molecule has 78 valence electrons. The Morgan fingerprint density at radius 3 is 2.21 bits per heavy atom. The fourth-order valence-electron chi connectivity index (χ4n) is 0.767. The van der Waals surface area contributed by atoms with Gasteiger partial charge >= 0.3 is 0 Å². The topological polar surface area (TPSA) is 66.8 Å². The van der Waals surface area contributed by atoms with Crippen LogP contribution < -0.4 is 4.74 Å². The number of aromatic hydroxyl groups is 1. The van der Waals surface area contributed by atoms with Crippen molar-refractivity contribution >= 4 is 6.29 Å². The standard InChI is InChI=1S/C9H10O3.CH4O/c1-7(6-10)12-9-4-2-8(11)3-5-9;1-2/h2-7,11H,1H3;2H,1H3. The van der Waals surface area contributed by atoms with Gasteiger partial charge < -0.3 is 14.9 Å². The smallest absolute Gasteiger partial charge is 0.160 e. The van der Waals surface area contributed by atoms with Crippen molar-refractivity contribution in [3.05, 3.63) is 24.3 Å². The van der Waals surface area contributed by atoms with Crippen molar-refractivity contribution in [2.75, 3.05) is 7.11 Å². The van der Waals surface area contributed by atoms with Crippen LogP contribution in [0.25, 0.3) is 0 Å². The van der Waals surface area contributed by atoms with Crippen molar-refractivity contribution in [3.8, 4) is 11.5 Å². The molecule has 1 aromatic rings. The van der Waals surface area contributed by atoms with E-state index in [1.54, 1.807) is 19.1 Å². The van der Waals surface area contributed by atoms with Crippen LogP contribution in [0.2, 0.25) is 0 Å². The van der Waals surface area contributed by atoms with E-state index in [0.717, 1.165) is 7.11 Å². The molecule has 4 heteroatoms. The van der Waals surface area contributed by atoms with Crippen LogP contribution in [0.3, 0.4) is 0 Å². The van der Waals surface area contributed by atoms with Crippen molar-refractivity contribution in [2.24, 2.45) is 0 Å². The lowest BCUT2D eigenvalue weighted by Crippen LogP contribution is -2.12. The Kier molecular flexibility index (Phi) is 6.15. The highest BCUT2D eigenvalue weighted by Gasteiger charge is 2.00. The monoisotopic (exact) mass is 198 g/mol. The molecule has 0 radical (unpaired) electrons. The third kappa shape index (κ3) is 4.47. The maximum Gasteiger partial charge on any atom is 0.160 e. The second-order valence-corrected chi connectivity index (χ2v) is 2.45. The first-order chi connectivity index (χ1) is 6.72. The molecule has 0 saturated carbocycles. The summed E-state index contributed by atoms with van der Waals surface area (Å²) >= 11 is 0. The molecule has 0 aliphatic heterocycles. The zero-order chi connectivity index (χ0) is 11.0. The van der Waals surface area contributed by atoms with Crippen LogP contribution >= 0.6 is 0 Å². The van der Waals surface area contributed by atoms with Crippen molar-refractivity contribution in [3.63, 3.8) is 0 Å². The highest BCUT2D eigenvalue weighted by atomic mass is 16.5. The molecule has 1 rings (SSSR count). The number of benzene rings is 1. The molecule has 0 spiro atoms. The van der Waals surface area contributed by atoms with E-state index in [9.17, 15) is 4.79 Å². The van der Waals surface area contributed by atoms with E-state index in [0.29, 0.717) is 12.0 Å².